The van der Waals surface area contributed by atoms with E-state index >= 15 is 0 Å². The molecule has 4 rings (SSSR count). The third-order valence-electron chi connectivity index (χ3n) is 5.85. The number of hydrogen-bond donors (Lipinski definition) is 2. The summed E-state index contributed by atoms with van der Waals surface area (Å²) in [7, 11) is 1.28. The number of benzene rings is 2. The quantitative estimate of drug-likeness (QED) is 0.167. The van der Waals surface area contributed by atoms with E-state index in [4.69, 9.17) is 9.47 Å². The van der Waals surface area contributed by atoms with Gasteiger partial charge in [-0.2, -0.15) is 5.10 Å². The van der Waals surface area contributed by atoms with Gasteiger partial charge in [-0.05, 0) is 61.9 Å². The molecule has 0 spiro atoms. The standard InChI is InChI=1S/C27H25N3O6S/c1-16-9-3-5-11-18(16)26(33)36-20-13-7-4-10-17(20)15-28-30-24(32)23(31)29-25-22(27(34)35-2)19-12-6-8-14-21(19)37-25/h3-5,7,9-11,13,15H,6,8,12,14H2,1-2H3,(H,29,31)(H,30,32). The second kappa shape index (κ2) is 11.6. The number of nitrogens with zero attached hydrogens (tertiary/aromatic N) is 1. The highest BCUT2D eigenvalue weighted by atomic mass is 32.1. The Kier molecular flexibility index (Phi) is 8.09. The van der Waals surface area contributed by atoms with Crippen LogP contribution in [0.3, 0.4) is 0 Å². The molecule has 2 amide bonds. The van der Waals surface area contributed by atoms with E-state index in [2.05, 4.69) is 15.8 Å². The van der Waals surface area contributed by atoms with Crippen LogP contribution < -0.4 is 15.5 Å². The zero-order valence-electron chi connectivity index (χ0n) is 20.3. The lowest BCUT2D eigenvalue weighted by Crippen LogP contribution is -2.32. The lowest BCUT2D eigenvalue weighted by atomic mass is 9.95. The molecule has 1 heterocycles. The molecule has 0 aliphatic heterocycles. The Hall–Kier alpha value is -4.31. The highest BCUT2D eigenvalue weighted by molar-refractivity contribution is 7.17. The Morgan fingerprint density at radius 3 is 2.46 bits per heavy atom. The monoisotopic (exact) mass is 519 g/mol. The number of thiophene rings is 1. The number of nitrogens with one attached hydrogen (secondary N) is 2. The third-order valence-corrected chi connectivity index (χ3v) is 7.06. The topological polar surface area (TPSA) is 123 Å². The van der Waals surface area contributed by atoms with E-state index in [0.29, 0.717) is 16.7 Å². The molecule has 37 heavy (non-hydrogen) atoms. The first-order valence-corrected chi connectivity index (χ1v) is 12.4. The molecule has 1 aliphatic carbocycles. The van der Waals surface area contributed by atoms with Crippen molar-refractivity contribution >= 4 is 46.3 Å². The minimum Gasteiger partial charge on any atom is -0.465 e. The van der Waals surface area contributed by atoms with E-state index in [0.717, 1.165) is 41.7 Å². The number of esters is 2. The number of hydrazone groups is 1. The number of anilines is 1. The molecule has 0 fully saturated rings. The number of rotatable bonds is 6. The lowest BCUT2D eigenvalue weighted by Gasteiger charge is -2.11. The van der Waals surface area contributed by atoms with Crippen LogP contribution in [-0.4, -0.2) is 37.1 Å². The summed E-state index contributed by atoms with van der Waals surface area (Å²) in [6.07, 6.45) is 4.74. The fraction of sp³-hybridized carbons (Fsp3) is 0.222. The van der Waals surface area contributed by atoms with Gasteiger partial charge in [-0.15, -0.1) is 11.3 Å². The summed E-state index contributed by atoms with van der Waals surface area (Å²) in [4.78, 5) is 50.8. The van der Waals surface area contributed by atoms with Crippen LogP contribution in [0.25, 0.3) is 0 Å². The molecule has 2 N–H and O–H groups in total. The molecule has 0 radical (unpaired) electrons. The Morgan fingerprint density at radius 2 is 1.68 bits per heavy atom. The highest BCUT2D eigenvalue weighted by Crippen LogP contribution is 2.38. The number of para-hydroxylation sites is 1. The van der Waals surface area contributed by atoms with Gasteiger partial charge < -0.3 is 14.8 Å². The van der Waals surface area contributed by atoms with Gasteiger partial charge in [0.15, 0.2) is 0 Å². The summed E-state index contributed by atoms with van der Waals surface area (Å²) >= 11 is 1.28. The van der Waals surface area contributed by atoms with E-state index in [1.54, 1.807) is 36.4 Å². The van der Waals surface area contributed by atoms with Crippen LogP contribution in [0.1, 0.15) is 55.1 Å². The molecular formula is C27H25N3O6S. The minimum atomic E-state index is -1.02. The molecule has 1 aromatic heterocycles. The number of carbonyl (C=O) groups excluding carboxylic acids is 4. The van der Waals surface area contributed by atoms with Crippen molar-refractivity contribution in [1.29, 1.82) is 0 Å². The molecule has 3 aromatic rings. The molecule has 0 saturated heterocycles. The smallest absolute Gasteiger partial charge is 0.343 e. The summed E-state index contributed by atoms with van der Waals surface area (Å²) in [5.74, 6) is -2.83. The van der Waals surface area contributed by atoms with E-state index in [9.17, 15) is 19.2 Å². The first-order chi connectivity index (χ1) is 17.9. The zero-order valence-corrected chi connectivity index (χ0v) is 21.1. The van der Waals surface area contributed by atoms with E-state index in [-0.39, 0.29) is 10.8 Å². The average molecular weight is 520 g/mol. The molecule has 190 valence electrons. The lowest BCUT2D eigenvalue weighted by molar-refractivity contribution is -0.136. The number of ether oxygens (including phenoxy) is 2. The minimum absolute atomic E-state index is 0.241. The highest BCUT2D eigenvalue weighted by Gasteiger charge is 2.28. The fourth-order valence-electron chi connectivity index (χ4n) is 3.98. The molecule has 10 heteroatoms. The van der Waals surface area contributed by atoms with Crippen molar-refractivity contribution in [3.63, 3.8) is 0 Å². The second-order valence-electron chi connectivity index (χ2n) is 8.30. The van der Waals surface area contributed by atoms with Crippen LogP contribution in [0.4, 0.5) is 5.00 Å². The van der Waals surface area contributed by atoms with E-state index in [1.807, 2.05) is 19.1 Å². The van der Waals surface area contributed by atoms with Crippen molar-refractivity contribution < 1.29 is 28.7 Å². The maximum Gasteiger partial charge on any atom is 0.343 e. The number of aryl methyl sites for hydroxylation is 2. The van der Waals surface area contributed by atoms with Gasteiger partial charge >= 0.3 is 23.8 Å². The Bertz CT molecular complexity index is 1390. The summed E-state index contributed by atoms with van der Waals surface area (Å²) in [5.41, 5.74) is 4.96. The van der Waals surface area contributed by atoms with E-state index in [1.165, 1.54) is 24.7 Å². The molecule has 0 saturated carbocycles. The van der Waals surface area contributed by atoms with Gasteiger partial charge in [-0.1, -0.05) is 30.3 Å². The maximum absolute atomic E-state index is 12.6. The van der Waals surface area contributed by atoms with Crippen LogP contribution in [0, 0.1) is 6.92 Å². The molecule has 9 nitrogen and oxygen atoms in total. The fourth-order valence-corrected chi connectivity index (χ4v) is 5.25. The van der Waals surface area contributed by atoms with E-state index < -0.39 is 23.8 Å². The van der Waals surface area contributed by atoms with Crippen LogP contribution in [-0.2, 0) is 27.2 Å². The van der Waals surface area contributed by atoms with Gasteiger partial charge in [0.05, 0.1) is 24.5 Å². The Labute approximate surface area is 217 Å². The molecule has 0 bridgehead atoms. The number of carbonyl (C=O) groups is 4. The van der Waals surface area contributed by atoms with Crippen LogP contribution in [0.5, 0.6) is 5.75 Å². The van der Waals surface area contributed by atoms with Crippen LogP contribution >= 0.6 is 11.3 Å². The van der Waals surface area contributed by atoms with Crippen molar-refractivity contribution in [2.24, 2.45) is 5.10 Å². The molecular weight excluding hydrogens is 494 g/mol. The summed E-state index contributed by atoms with van der Waals surface area (Å²) in [5, 5.41) is 6.64. The van der Waals surface area contributed by atoms with Gasteiger partial charge in [0.2, 0.25) is 0 Å². The van der Waals surface area contributed by atoms with Gasteiger partial charge in [-0.3, -0.25) is 9.59 Å². The van der Waals surface area contributed by atoms with Gasteiger partial charge in [0.25, 0.3) is 0 Å². The predicted molar refractivity (Wildman–Crippen MR) is 139 cm³/mol. The largest absolute Gasteiger partial charge is 0.465 e. The molecule has 1 aliphatic rings. The second-order valence-corrected chi connectivity index (χ2v) is 9.41. The average Bonchev–Trinajstić information content (AvgIpc) is 3.27. The van der Waals surface area contributed by atoms with Gasteiger partial charge in [0, 0.05) is 10.4 Å². The molecule has 2 aromatic carbocycles. The number of hydrogen-bond acceptors (Lipinski definition) is 8. The molecule has 0 unspecified atom stereocenters. The Balaban J connectivity index is 1.42. The first-order valence-electron chi connectivity index (χ1n) is 11.6. The van der Waals surface area contributed by atoms with Crippen LogP contribution in [0.15, 0.2) is 53.6 Å². The van der Waals surface area contributed by atoms with Crippen molar-refractivity contribution in [1.82, 2.24) is 5.43 Å². The first kappa shape index (κ1) is 25.8. The van der Waals surface area contributed by atoms with Crippen LogP contribution in [0.2, 0.25) is 0 Å². The summed E-state index contributed by atoms with van der Waals surface area (Å²) < 4.78 is 10.4. The summed E-state index contributed by atoms with van der Waals surface area (Å²) in [6, 6.07) is 13.7. The normalized spacial score (nSPS) is 12.5. The van der Waals surface area contributed by atoms with Crippen molar-refractivity contribution in [2.75, 3.05) is 12.4 Å². The van der Waals surface area contributed by atoms with Crippen molar-refractivity contribution in [3.05, 3.63) is 81.2 Å². The maximum atomic E-state index is 12.6. The zero-order chi connectivity index (χ0) is 26.4. The molecule has 0 atom stereocenters. The predicted octanol–water partition coefficient (Wildman–Crippen LogP) is 4.03. The Morgan fingerprint density at radius 1 is 0.946 bits per heavy atom. The van der Waals surface area contributed by atoms with Gasteiger partial charge in [-0.25, -0.2) is 15.0 Å². The SMILES string of the molecule is COC(=O)c1c(NC(=O)C(=O)NN=Cc2ccccc2OC(=O)c2ccccc2C)sc2c1CCCC2. The number of methoxy groups -OCH3 is 1. The van der Waals surface area contributed by atoms with Crippen molar-refractivity contribution in [3.8, 4) is 5.75 Å². The van der Waals surface area contributed by atoms with Crippen molar-refractivity contribution in [2.45, 2.75) is 32.6 Å². The number of amides is 2. The third kappa shape index (κ3) is 5.92. The number of fused-ring (bicyclic) bond motifs is 1. The van der Waals surface area contributed by atoms with Gasteiger partial charge in [0.1, 0.15) is 10.8 Å². The summed E-state index contributed by atoms with van der Waals surface area (Å²) in [6.45, 7) is 1.81.